The fourth-order valence-corrected chi connectivity index (χ4v) is 2.76. The fourth-order valence-electron chi connectivity index (χ4n) is 1.44. The van der Waals surface area contributed by atoms with Crippen LogP contribution in [0.2, 0.25) is 0 Å². The lowest BCUT2D eigenvalue weighted by atomic mass is 10.2. The van der Waals surface area contributed by atoms with Crippen molar-refractivity contribution in [3.63, 3.8) is 0 Å². The van der Waals surface area contributed by atoms with Crippen LogP contribution in [0.1, 0.15) is 10.4 Å². The molecule has 0 atom stereocenters. The number of carbonyl (C=O) groups is 1. The first-order valence-corrected chi connectivity index (χ1v) is 7.23. The maximum atomic E-state index is 10.9. The summed E-state index contributed by atoms with van der Waals surface area (Å²) in [5.41, 5.74) is 0.742. The standard InChI is InChI=1S/C14H12OS2/c1-16-12-6-8-13(9-7-12)17-14-5-3-2-4-11(14)10-15/h2-10H,1H3. The Bertz CT molecular complexity index is 506. The lowest BCUT2D eigenvalue weighted by Gasteiger charge is -2.04. The monoisotopic (exact) mass is 260 g/mol. The third-order valence-corrected chi connectivity index (χ3v) is 4.18. The van der Waals surface area contributed by atoms with Gasteiger partial charge in [-0.2, -0.15) is 0 Å². The largest absolute Gasteiger partial charge is 0.298 e. The third kappa shape index (κ3) is 3.14. The summed E-state index contributed by atoms with van der Waals surface area (Å²) in [5, 5.41) is 0. The zero-order valence-electron chi connectivity index (χ0n) is 9.42. The molecule has 17 heavy (non-hydrogen) atoms. The zero-order valence-corrected chi connectivity index (χ0v) is 11.1. The molecule has 0 amide bonds. The van der Waals surface area contributed by atoms with Gasteiger partial charge < -0.3 is 0 Å². The molecule has 2 aromatic rings. The molecule has 0 aliphatic rings. The van der Waals surface area contributed by atoms with Gasteiger partial charge in [0.05, 0.1) is 0 Å². The van der Waals surface area contributed by atoms with Crippen LogP contribution in [-0.4, -0.2) is 12.5 Å². The Hall–Kier alpha value is -1.19. The molecular weight excluding hydrogens is 248 g/mol. The first kappa shape index (κ1) is 12.3. The number of rotatable bonds is 4. The summed E-state index contributed by atoms with van der Waals surface area (Å²) in [6.07, 6.45) is 2.96. The van der Waals surface area contributed by atoms with Gasteiger partial charge in [-0.1, -0.05) is 30.0 Å². The quantitative estimate of drug-likeness (QED) is 0.600. The molecule has 0 aliphatic carbocycles. The van der Waals surface area contributed by atoms with Crippen LogP contribution in [-0.2, 0) is 0 Å². The lowest BCUT2D eigenvalue weighted by Crippen LogP contribution is -1.83. The Morgan fingerprint density at radius 1 is 0.941 bits per heavy atom. The summed E-state index contributed by atoms with van der Waals surface area (Å²) < 4.78 is 0. The van der Waals surface area contributed by atoms with E-state index in [-0.39, 0.29) is 0 Å². The van der Waals surface area contributed by atoms with Gasteiger partial charge in [-0.3, -0.25) is 4.79 Å². The van der Waals surface area contributed by atoms with Crippen LogP contribution in [0.15, 0.2) is 63.2 Å². The molecule has 86 valence electrons. The number of thioether (sulfide) groups is 1. The molecule has 0 saturated heterocycles. The molecule has 0 aliphatic heterocycles. The van der Waals surface area contributed by atoms with Crippen molar-refractivity contribution >= 4 is 29.8 Å². The predicted octanol–water partition coefficient (Wildman–Crippen LogP) is 4.37. The van der Waals surface area contributed by atoms with Gasteiger partial charge in [-0.15, -0.1) is 11.8 Å². The van der Waals surface area contributed by atoms with Crippen molar-refractivity contribution in [1.82, 2.24) is 0 Å². The topological polar surface area (TPSA) is 17.1 Å². The Labute approximate surface area is 110 Å². The van der Waals surface area contributed by atoms with E-state index in [0.717, 1.165) is 21.6 Å². The SMILES string of the molecule is CSc1ccc(Sc2ccccc2C=O)cc1. The van der Waals surface area contributed by atoms with Gasteiger partial charge in [0, 0.05) is 20.2 Å². The van der Waals surface area contributed by atoms with Gasteiger partial charge in [0.1, 0.15) is 0 Å². The van der Waals surface area contributed by atoms with Crippen molar-refractivity contribution in [2.75, 3.05) is 6.26 Å². The molecule has 0 radical (unpaired) electrons. The van der Waals surface area contributed by atoms with Crippen molar-refractivity contribution in [3.8, 4) is 0 Å². The van der Waals surface area contributed by atoms with E-state index in [1.807, 2.05) is 24.3 Å². The highest BCUT2D eigenvalue weighted by Gasteiger charge is 2.02. The minimum atomic E-state index is 0.742. The molecule has 0 saturated carbocycles. The summed E-state index contributed by atoms with van der Waals surface area (Å²) >= 11 is 3.34. The highest BCUT2D eigenvalue weighted by molar-refractivity contribution is 7.99. The maximum Gasteiger partial charge on any atom is 0.151 e. The van der Waals surface area contributed by atoms with E-state index in [4.69, 9.17) is 0 Å². The summed E-state index contributed by atoms with van der Waals surface area (Å²) in [6.45, 7) is 0. The van der Waals surface area contributed by atoms with E-state index >= 15 is 0 Å². The van der Waals surface area contributed by atoms with Crippen molar-refractivity contribution < 1.29 is 4.79 Å². The van der Waals surface area contributed by atoms with Gasteiger partial charge in [0.25, 0.3) is 0 Å². The second-order valence-corrected chi connectivity index (χ2v) is 5.43. The first-order valence-electron chi connectivity index (χ1n) is 5.19. The Balaban J connectivity index is 2.22. The van der Waals surface area contributed by atoms with E-state index in [2.05, 4.69) is 30.5 Å². The molecule has 0 spiro atoms. The molecule has 0 bridgehead atoms. The van der Waals surface area contributed by atoms with E-state index in [1.54, 1.807) is 23.5 Å². The van der Waals surface area contributed by atoms with Crippen molar-refractivity contribution in [2.24, 2.45) is 0 Å². The number of hydrogen-bond donors (Lipinski definition) is 0. The van der Waals surface area contributed by atoms with Crippen molar-refractivity contribution in [1.29, 1.82) is 0 Å². The molecule has 3 heteroatoms. The van der Waals surface area contributed by atoms with E-state index in [0.29, 0.717) is 0 Å². The van der Waals surface area contributed by atoms with Gasteiger partial charge >= 0.3 is 0 Å². The molecule has 0 unspecified atom stereocenters. The maximum absolute atomic E-state index is 10.9. The number of carbonyl (C=O) groups excluding carboxylic acids is 1. The predicted molar refractivity (Wildman–Crippen MR) is 74.2 cm³/mol. The smallest absolute Gasteiger partial charge is 0.151 e. The molecule has 1 nitrogen and oxygen atoms in total. The van der Waals surface area contributed by atoms with Crippen molar-refractivity contribution in [3.05, 3.63) is 54.1 Å². The van der Waals surface area contributed by atoms with E-state index in [1.165, 1.54) is 4.90 Å². The molecular formula is C14H12OS2. The Morgan fingerprint density at radius 2 is 1.59 bits per heavy atom. The number of hydrogen-bond acceptors (Lipinski definition) is 3. The normalized spacial score (nSPS) is 10.2. The number of aldehydes is 1. The van der Waals surface area contributed by atoms with Crippen LogP contribution in [0.25, 0.3) is 0 Å². The average molecular weight is 260 g/mol. The van der Waals surface area contributed by atoms with Crippen LogP contribution in [0.3, 0.4) is 0 Å². The van der Waals surface area contributed by atoms with Crippen LogP contribution in [0.4, 0.5) is 0 Å². The second kappa shape index (κ2) is 5.94. The molecule has 2 aromatic carbocycles. The molecule has 0 aromatic heterocycles. The van der Waals surface area contributed by atoms with E-state index < -0.39 is 0 Å². The van der Waals surface area contributed by atoms with Gasteiger partial charge in [-0.05, 0) is 36.6 Å². The molecule has 0 heterocycles. The lowest BCUT2D eigenvalue weighted by molar-refractivity contribution is 0.112. The average Bonchev–Trinajstić information content (AvgIpc) is 2.40. The second-order valence-electron chi connectivity index (χ2n) is 3.43. The number of benzene rings is 2. The fraction of sp³-hybridized carbons (Fsp3) is 0.0714. The van der Waals surface area contributed by atoms with Crippen molar-refractivity contribution in [2.45, 2.75) is 14.7 Å². The van der Waals surface area contributed by atoms with Gasteiger partial charge in [0.2, 0.25) is 0 Å². The summed E-state index contributed by atoms with van der Waals surface area (Å²) in [7, 11) is 0. The Morgan fingerprint density at radius 3 is 2.24 bits per heavy atom. The third-order valence-electron chi connectivity index (χ3n) is 2.33. The van der Waals surface area contributed by atoms with Gasteiger partial charge in [0.15, 0.2) is 6.29 Å². The molecule has 0 N–H and O–H groups in total. The summed E-state index contributed by atoms with van der Waals surface area (Å²) in [5.74, 6) is 0. The highest BCUT2D eigenvalue weighted by atomic mass is 32.2. The minimum absolute atomic E-state index is 0.742. The molecule has 2 rings (SSSR count). The van der Waals surface area contributed by atoms with Crippen LogP contribution < -0.4 is 0 Å². The van der Waals surface area contributed by atoms with Gasteiger partial charge in [-0.25, -0.2) is 0 Å². The molecule has 0 fully saturated rings. The van der Waals surface area contributed by atoms with Crippen LogP contribution in [0, 0.1) is 0 Å². The highest BCUT2D eigenvalue weighted by Crippen LogP contribution is 2.30. The Kier molecular flexibility index (Phi) is 4.29. The summed E-state index contributed by atoms with van der Waals surface area (Å²) in [4.78, 5) is 14.3. The zero-order chi connectivity index (χ0) is 12.1. The minimum Gasteiger partial charge on any atom is -0.298 e. The van der Waals surface area contributed by atoms with Crippen LogP contribution >= 0.6 is 23.5 Å². The van der Waals surface area contributed by atoms with Crippen LogP contribution in [0.5, 0.6) is 0 Å². The van der Waals surface area contributed by atoms with E-state index in [9.17, 15) is 4.79 Å². The first-order chi connectivity index (χ1) is 8.33. The summed E-state index contributed by atoms with van der Waals surface area (Å²) in [6, 6.07) is 16.0.